The normalized spacial score (nSPS) is 13.6. The molecule has 2 aromatic carbocycles. The standard InChI is InChI=1S/C27H29ClN4O2/c1-20-5-2-3-7-22(20)18-26(33)32-15-13-31(14-16-32)25-10-9-23(19-30-25)27(34)29-12-11-21-6-4-8-24(28)17-21/h2-10,17,19H,11-16,18H2,1H3,(H,29,34). The van der Waals surface area contributed by atoms with Crippen LogP contribution < -0.4 is 10.2 Å². The molecule has 0 unspecified atom stereocenters. The number of hydrogen-bond donors (Lipinski definition) is 1. The van der Waals surface area contributed by atoms with E-state index in [0.717, 1.165) is 35.6 Å². The summed E-state index contributed by atoms with van der Waals surface area (Å²) in [5.41, 5.74) is 3.84. The first-order valence-electron chi connectivity index (χ1n) is 11.6. The largest absolute Gasteiger partial charge is 0.353 e. The summed E-state index contributed by atoms with van der Waals surface area (Å²) in [6.45, 7) is 5.33. The molecule has 0 bridgehead atoms. The van der Waals surface area contributed by atoms with Crippen LogP contribution in [0.2, 0.25) is 5.02 Å². The van der Waals surface area contributed by atoms with Gasteiger partial charge in [-0.1, -0.05) is 48.0 Å². The molecule has 4 rings (SSSR count). The van der Waals surface area contributed by atoms with Crippen molar-refractivity contribution in [1.82, 2.24) is 15.2 Å². The van der Waals surface area contributed by atoms with Gasteiger partial charge in [0.2, 0.25) is 5.91 Å². The predicted molar refractivity (Wildman–Crippen MR) is 135 cm³/mol. The molecule has 1 aliphatic rings. The summed E-state index contributed by atoms with van der Waals surface area (Å²) in [6.07, 6.45) is 2.76. The summed E-state index contributed by atoms with van der Waals surface area (Å²) in [5.74, 6) is 0.834. The lowest BCUT2D eigenvalue weighted by atomic mass is 10.1. The minimum Gasteiger partial charge on any atom is -0.353 e. The first kappa shape index (κ1) is 23.8. The van der Waals surface area contributed by atoms with E-state index in [9.17, 15) is 9.59 Å². The van der Waals surface area contributed by atoms with Gasteiger partial charge in [-0.25, -0.2) is 4.98 Å². The van der Waals surface area contributed by atoms with E-state index in [1.54, 1.807) is 12.3 Å². The maximum absolute atomic E-state index is 12.7. The first-order chi connectivity index (χ1) is 16.5. The minimum absolute atomic E-state index is 0.146. The van der Waals surface area contributed by atoms with Crippen LogP contribution in [0.5, 0.6) is 0 Å². The maximum atomic E-state index is 12.7. The number of hydrogen-bond acceptors (Lipinski definition) is 4. The highest BCUT2D eigenvalue weighted by molar-refractivity contribution is 6.30. The number of carbonyl (C=O) groups excluding carboxylic acids is 2. The molecule has 0 atom stereocenters. The second-order valence-electron chi connectivity index (χ2n) is 8.51. The van der Waals surface area contributed by atoms with Crippen molar-refractivity contribution >= 4 is 29.2 Å². The fourth-order valence-electron chi connectivity index (χ4n) is 4.09. The monoisotopic (exact) mass is 476 g/mol. The van der Waals surface area contributed by atoms with E-state index in [0.29, 0.717) is 43.1 Å². The topological polar surface area (TPSA) is 65.5 Å². The van der Waals surface area contributed by atoms with Crippen molar-refractivity contribution in [3.63, 3.8) is 0 Å². The van der Waals surface area contributed by atoms with Crippen LogP contribution in [0, 0.1) is 6.92 Å². The fraction of sp³-hybridized carbons (Fsp3) is 0.296. The van der Waals surface area contributed by atoms with Crippen molar-refractivity contribution in [2.24, 2.45) is 0 Å². The highest BCUT2D eigenvalue weighted by Crippen LogP contribution is 2.16. The average molecular weight is 477 g/mol. The molecule has 2 amide bonds. The number of halogens is 1. The van der Waals surface area contributed by atoms with Gasteiger partial charge < -0.3 is 15.1 Å². The van der Waals surface area contributed by atoms with Crippen molar-refractivity contribution in [3.05, 3.63) is 94.1 Å². The molecular formula is C27H29ClN4O2. The Hall–Kier alpha value is -3.38. The fourth-order valence-corrected chi connectivity index (χ4v) is 4.30. The summed E-state index contributed by atoms with van der Waals surface area (Å²) in [5, 5.41) is 3.62. The molecule has 3 aromatic rings. The van der Waals surface area contributed by atoms with Crippen molar-refractivity contribution in [2.45, 2.75) is 19.8 Å². The number of aryl methyl sites for hydroxylation is 1. The molecule has 1 saturated heterocycles. The Morgan fingerprint density at radius 2 is 1.79 bits per heavy atom. The van der Waals surface area contributed by atoms with Gasteiger partial charge in [0.1, 0.15) is 5.82 Å². The van der Waals surface area contributed by atoms with Gasteiger partial charge in [-0.15, -0.1) is 0 Å². The van der Waals surface area contributed by atoms with E-state index in [-0.39, 0.29) is 11.8 Å². The third-order valence-corrected chi connectivity index (χ3v) is 6.39. The quantitative estimate of drug-likeness (QED) is 0.561. The summed E-state index contributed by atoms with van der Waals surface area (Å²) in [7, 11) is 0. The van der Waals surface area contributed by atoms with Crippen LogP contribution in [-0.2, 0) is 17.6 Å². The lowest BCUT2D eigenvalue weighted by molar-refractivity contribution is -0.130. The highest BCUT2D eigenvalue weighted by Gasteiger charge is 2.22. The smallest absolute Gasteiger partial charge is 0.252 e. The van der Waals surface area contributed by atoms with E-state index in [1.165, 1.54) is 0 Å². The zero-order valence-electron chi connectivity index (χ0n) is 19.3. The number of rotatable bonds is 7. The van der Waals surface area contributed by atoms with Crippen LogP contribution in [0.4, 0.5) is 5.82 Å². The van der Waals surface area contributed by atoms with Crippen LogP contribution in [0.3, 0.4) is 0 Å². The predicted octanol–water partition coefficient (Wildman–Crippen LogP) is 3.91. The molecule has 176 valence electrons. The SMILES string of the molecule is Cc1ccccc1CC(=O)N1CCN(c2ccc(C(=O)NCCc3cccc(Cl)c3)cn2)CC1. The molecular weight excluding hydrogens is 448 g/mol. The second kappa shape index (κ2) is 11.2. The number of nitrogens with zero attached hydrogens (tertiary/aromatic N) is 3. The van der Waals surface area contributed by atoms with Crippen LogP contribution in [-0.4, -0.2) is 54.4 Å². The van der Waals surface area contributed by atoms with Crippen LogP contribution in [0.1, 0.15) is 27.0 Å². The second-order valence-corrected chi connectivity index (χ2v) is 8.95. The molecule has 2 heterocycles. The Morgan fingerprint density at radius 3 is 2.50 bits per heavy atom. The molecule has 0 spiro atoms. The van der Waals surface area contributed by atoms with Crippen molar-refractivity contribution < 1.29 is 9.59 Å². The molecule has 0 radical (unpaired) electrons. The molecule has 1 aliphatic heterocycles. The Labute approximate surface area is 205 Å². The van der Waals surface area contributed by atoms with Crippen molar-refractivity contribution in [2.75, 3.05) is 37.6 Å². The maximum Gasteiger partial charge on any atom is 0.252 e. The van der Waals surface area contributed by atoms with E-state index < -0.39 is 0 Å². The number of nitrogens with one attached hydrogen (secondary N) is 1. The van der Waals surface area contributed by atoms with E-state index >= 15 is 0 Å². The van der Waals surface area contributed by atoms with E-state index in [2.05, 4.69) is 15.2 Å². The number of anilines is 1. The van der Waals surface area contributed by atoms with Crippen LogP contribution in [0.25, 0.3) is 0 Å². The van der Waals surface area contributed by atoms with Gasteiger partial charge >= 0.3 is 0 Å². The summed E-state index contributed by atoms with van der Waals surface area (Å²) < 4.78 is 0. The Kier molecular flexibility index (Phi) is 7.80. The molecule has 1 aromatic heterocycles. The lowest BCUT2D eigenvalue weighted by Crippen LogP contribution is -2.49. The van der Waals surface area contributed by atoms with Gasteiger partial charge in [0.15, 0.2) is 0 Å². The van der Waals surface area contributed by atoms with Gasteiger partial charge in [-0.2, -0.15) is 0 Å². The van der Waals surface area contributed by atoms with E-state index in [4.69, 9.17) is 11.6 Å². The average Bonchev–Trinajstić information content (AvgIpc) is 2.85. The van der Waals surface area contributed by atoms with Crippen molar-refractivity contribution in [3.8, 4) is 0 Å². The molecule has 1 fully saturated rings. The number of carbonyl (C=O) groups is 2. The van der Waals surface area contributed by atoms with Crippen LogP contribution in [0.15, 0.2) is 66.9 Å². The summed E-state index contributed by atoms with van der Waals surface area (Å²) in [6, 6.07) is 19.3. The molecule has 0 saturated carbocycles. The summed E-state index contributed by atoms with van der Waals surface area (Å²) in [4.78, 5) is 33.7. The Morgan fingerprint density at radius 1 is 1.00 bits per heavy atom. The number of benzene rings is 2. The number of amides is 2. The highest BCUT2D eigenvalue weighted by atomic mass is 35.5. The van der Waals surface area contributed by atoms with Gasteiger partial charge in [-0.05, 0) is 54.3 Å². The van der Waals surface area contributed by atoms with Gasteiger partial charge in [0, 0.05) is 43.9 Å². The van der Waals surface area contributed by atoms with Crippen molar-refractivity contribution in [1.29, 1.82) is 0 Å². The number of piperazine rings is 1. The number of aromatic nitrogens is 1. The Bertz CT molecular complexity index is 1140. The molecule has 34 heavy (non-hydrogen) atoms. The zero-order valence-corrected chi connectivity index (χ0v) is 20.1. The lowest BCUT2D eigenvalue weighted by Gasteiger charge is -2.35. The minimum atomic E-state index is -0.146. The molecule has 6 nitrogen and oxygen atoms in total. The molecule has 1 N–H and O–H groups in total. The van der Waals surface area contributed by atoms with Gasteiger partial charge in [0.05, 0.1) is 12.0 Å². The van der Waals surface area contributed by atoms with E-state index in [1.807, 2.05) is 66.4 Å². The summed E-state index contributed by atoms with van der Waals surface area (Å²) >= 11 is 6.00. The third-order valence-electron chi connectivity index (χ3n) is 6.16. The zero-order chi connectivity index (χ0) is 23.9. The number of pyridine rings is 1. The Balaban J connectivity index is 1.24. The van der Waals surface area contributed by atoms with Gasteiger partial charge in [-0.3, -0.25) is 9.59 Å². The third kappa shape index (κ3) is 6.14. The van der Waals surface area contributed by atoms with Crippen LogP contribution >= 0.6 is 11.6 Å². The molecule has 7 heteroatoms. The first-order valence-corrected chi connectivity index (χ1v) is 11.9. The van der Waals surface area contributed by atoms with Gasteiger partial charge in [0.25, 0.3) is 5.91 Å². The molecule has 0 aliphatic carbocycles.